The van der Waals surface area contributed by atoms with E-state index in [1.807, 2.05) is 6.07 Å². The number of nitrogens with one attached hydrogen (secondary N) is 1. The first-order valence-corrected chi connectivity index (χ1v) is 5.53. The van der Waals surface area contributed by atoms with Gasteiger partial charge in [0.15, 0.2) is 0 Å². The number of aromatic nitrogens is 2. The molecule has 4 nitrogen and oxygen atoms in total. The van der Waals surface area contributed by atoms with Crippen LogP contribution in [0, 0.1) is 0 Å². The molecule has 0 radical (unpaired) electrons. The van der Waals surface area contributed by atoms with Crippen LogP contribution in [0.25, 0.3) is 0 Å². The lowest BCUT2D eigenvalue weighted by molar-refractivity contribution is 0.669. The van der Waals surface area contributed by atoms with Gasteiger partial charge in [-0.25, -0.2) is 9.97 Å². The Morgan fingerprint density at radius 1 is 1.33 bits per heavy atom. The summed E-state index contributed by atoms with van der Waals surface area (Å²) < 4.78 is 0. The van der Waals surface area contributed by atoms with Crippen molar-refractivity contribution in [1.82, 2.24) is 15.3 Å². The minimum atomic E-state index is 0.512. The van der Waals surface area contributed by atoms with Gasteiger partial charge in [0, 0.05) is 17.6 Å². The Morgan fingerprint density at radius 2 is 2.27 bits per heavy atom. The third kappa shape index (κ3) is 3.00. The van der Waals surface area contributed by atoms with Crippen molar-refractivity contribution in [3.05, 3.63) is 40.5 Å². The predicted octanol–water partition coefficient (Wildman–Crippen LogP) is 1.41. The van der Waals surface area contributed by atoms with Crippen molar-refractivity contribution < 1.29 is 0 Å². The van der Waals surface area contributed by atoms with E-state index in [1.54, 1.807) is 23.6 Å². The van der Waals surface area contributed by atoms with Crippen molar-refractivity contribution >= 4 is 17.2 Å². The lowest BCUT2D eigenvalue weighted by atomic mass is 10.4. The van der Waals surface area contributed by atoms with Gasteiger partial charge in [0.2, 0.25) is 0 Å². The van der Waals surface area contributed by atoms with Crippen LogP contribution in [0.1, 0.15) is 10.7 Å². The van der Waals surface area contributed by atoms with Gasteiger partial charge in [-0.15, -0.1) is 11.3 Å². The maximum atomic E-state index is 5.55. The molecule has 0 aliphatic carbocycles. The molecule has 5 heteroatoms. The zero-order valence-corrected chi connectivity index (χ0v) is 9.00. The van der Waals surface area contributed by atoms with Crippen LogP contribution in [0.15, 0.2) is 29.8 Å². The Balaban J connectivity index is 1.83. The topological polar surface area (TPSA) is 63.8 Å². The largest absolute Gasteiger partial charge is 0.384 e. The van der Waals surface area contributed by atoms with E-state index < -0.39 is 0 Å². The number of thiophene rings is 1. The summed E-state index contributed by atoms with van der Waals surface area (Å²) in [6.07, 6.45) is 1.67. The lowest BCUT2D eigenvalue weighted by Crippen LogP contribution is -2.14. The Labute approximate surface area is 92.2 Å². The Bertz CT molecular complexity index is 413. The first-order valence-electron chi connectivity index (χ1n) is 4.65. The van der Waals surface area contributed by atoms with Gasteiger partial charge in [-0.3, -0.25) is 0 Å². The second-order valence-electron chi connectivity index (χ2n) is 3.08. The van der Waals surface area contributed by atoms with Gasteiger partial charge in [-0.1, -0.05) is 6.07 Å². The lowest BCUT2D eigenvalue weighted by Gasteiger charge is -2.02. The highest BCUT2D eigenvalue weighted by atomic mass is 32.1. The molecule has 0 saturated carbocycles. The second-order valence-corrected chi connectivity index (χ2v) is 4.11. The molecular formula is C10H12N4S. The summed E-state index contributed by atoms with van der Waals surface area (Å²) in [5.41, 5.74) is 5.55. The van der Waals surface area contributed by atoms with Gasteiger partial charge in [0.05, 0.1) is 6.54 Å². The highest BCUT2D eigenvalue weighted by molar-refractivity contribution is 7.09. The molecule has 0 fully saturated rings. The summed E-state index contributed by atoms with van der Waals surface area (Å²) in [6.45, 7) is 1.48. The van der Waals surface area contributed by atoms with E-state index in [2.05, 4.69) is 26.7 Å². The normalized spacial score (nSPS) is 10.4. The molecule has 0 saturated heterocycles. The van der Waals surface area contributed by atoms with E-state index in [0.29, 0.717) is 12.4 Å². The molecule has 2 aromatic rings. The van der Waals surface area contributed by atoms with E-state index >= 15 is 0 Å². The summed E-state index contributed by atoms with van der Waals surface area (Å²) >= 11 is 1.73. The number of rotatable bonds is 4. The Hall–Kier alpha value is -1.46. The van der Waals surface area contributed by atoms with Crippen molar-refractivity contribution in [3.8, 4) is 0 Å². The molecule has 0 aliphatic rings. The van der Waals surface area contributed by atoms with Gasteiger partial charge < -0.3 is 11.1 Å². The van der Waals surface area contributed by atoms with Crippen molar-refractivity contribution in [1.29, 1.82) is 0 Å². The van der Waals surface area contributed by atoms with Gasteiger partial charge >= 0.3 is 0 Å². The first-order chi connectivity index (χ1) is 7.34. The third-order valence-electron chi connectivity index (χ3n) is 1.89. The number of nitrogen functional groups attached to an aromatic ring is 1. The van der Waals surface area contributed by atoms with E-state index in [9.17, 15) is 0 Å². The van der Waals surface area contributed by atoms with Crippen LogP contribution in [-0.4, -0.2) is 9.97 Å². The standard InChI is InChI=1S/C10H12N4S/c11-9-3-4-13-10(14-9)7-12-6-8-2-1-5-15-8/h1-5,12H,6-7H2,(H2,11,13,14). The van der Waals surface area contributed by atoms with Crippen molar-refractivity contribution in [2.45, 2.75) is 13.1 Å². The molecule has 78 valence electrons. The maximum absolute atomic E-state index is 5.55. The van der Waals surface area contributed by atoms with Gasteiger partial charge in [-0.05, 0) is 17.5 Å². The van der Waals surface area contributed by atoms with E-state index in [-0.39, 0.29) is 0 Å². The molecular weight excluding hydrogens is 208 g/mol. The van der Waals surface area contributed by atoms with Crippen LogP contribution in [-0.2, 0) is 13.1 Å². The van der Waals surface area contributed by atoms with Crippen LogP contribution in [0.3, 0.4) is 0 Å². The van der Waals surface area contributed by atoms with Crippen LogP contribution in [0.2, 0.25) is 0 Å². The Kier molecular flexibility index (Phi) is 3.26. The molecule has 0 atom stereocenters. The third-order valence-corrected chi connectivity index (χ3v) is 2.77. The summed E-state index contributed by atoms with van der Waals surface area (Å²) in [6, 6.07) is 5.82. The maximum Gasteiger partial charge on any atom is 0.144 e. The second kappa shape index (κ2) is 4.86. The van der Waals surface area contributed by atoms with Crippen molar-refractivity contribution in [3.63, 3.8) is 0 Å². The fourth-order valence-electron chi connectivity index (χ4n) is 1.21. The zero-order valence-electron chi connectivity index (χ0n) is 8.18. The number of hydrogen-bond donors (Lipinski definition) is 2. The minimum Gasteiger partial charge on any atom is -0.384 e. The van der Waals surface area contributed by atoms with Gasteiger partial charge in [-0.2, -0.15) is 0 Å². The highest BCUT2D eigenvalue weighted by Gasteiger charge is 1.97. The van der Waals surface area contributed by atoms with E-state index in [4.69, 9.17) is 5.73 Å². The van der Waals surface area contributed by atoms with E-state index in [0.717, 1.165) is 12.4 Å². The predicted molar refractivity (Wildman–Crippen MR) is 61.3 cm³/mol. The first kappa shape index (κ1) is 10.1. The molecule has 0 aliphatic heterocycles. The molecule has 3 N–H and O–H groups in total. The number of nitrogens with zero attached hydrogens (tertiary/aromatic N) is 2. The minimum absolute atomic E-state index is 0.512. The average molecular weight is 220 g/mol. The molecule has 0 aromatic carbocycles. The summed E-state index contributed by atoms with van der Waals surface area (Å²) in [7, 11) is 0. The molecule has 2 aromatic heterocycles. The highest BCUT2D eigenvalue weighted by Crippen LogP contribution is 2.07. The molecule has 2 heterocycles. The van der Waals surface area contributed by atoms with Gasteiger partial charge in [0.25, 0.3) is 0 Å². The summed E-state index contributed by atoms with van der Waals surface area (Å²) in [5.74, 6) is 1.24. The fourth-order valence-corrected chi connectivity index (χ4v) is 1.89. The summed E-state index contributed by atoms with van der Waals surface area (Å²) in [5, 5.41) is 5.32. The van der Waals surface area contributed by atoms with Crippen LogP contribution >= 0.6 is 11.3 Å². The smallest absolute Gasteiger partial charge is 0.144 e. The SMILES string of the molecule is Nc1ccnc(CNCc2cccs2)n1. The average Bonchev–Trinajstić information content (AvgIpc) is 2.71. The van der Waals surface area contributed by atoms with Crippen LogP contribution < -0.4 is 11.1 Å². The van der Waals surface area contributed by atoms with Crippen LogP contribution in [0.4, 0.5) is 5.82 Å². The fraction of sp³-hybridized carbons (Fsp3) is 0.200. The van der Waals surface area contributed by atoms with E-state index in [1.165, 1.54) is 4.88 Å². The number of nitrogens with two attached hydrogens (primary N) is 1. The molecule has 0 unspecified atom stereocenters. The molecule has 0 spiro atoms. The summed E-state index contributed by atoms with van der Waals surface area (Å²) in [4.78, 5) is 9.51. The van der Waals surface area contributed by atoms with Gasteiger partial charge in [0.1, 0.15) is 11.6 Å². The quantitative estimate of drug-likeness (QED) is 0.817. The zero-order chi connectivity index (χ0) is 10.5. The monoisotopic (exact) mass is 220 g/mol. The van der Waals surface area contributed by atoms with Crippen molar-refractivity contribution in [2.75, 3.05) is 5.73 Å². The van der Waals surface area contributed by atoms with Crippen LogP contribution in [0.5, 0.6) is 0 Å². The molecule has 2 rings (SSSR count). The molecule has 0 amide bonds. The molecule has 0 bridgehead atoms. The molecule has 15 heavy (non-hydrogen) atoms. The van der Waals surface area contributed by atoms with Crippen molar-refractivity contribution in [2.24, 2.45) is 0 Å². The Morgan fingerprint density at radius 3 is 3.00 bits per heavy atom. The number of anilines is 1. The number of hydrogen-bond acceptors (Lipinski definition) is 5.